The zero-order valence-electron chi connectivity index (χ0n) is 11.9. The molecule has 1 aromatic carbocycles. The van der Waals surface area contributed by atoms with Gasteiger partial charge in [0.1, 0.15) is 0 Å². The van der Waals surface area contributed by atoms with Crippen LogP contribution in [-0.2, 0) is 0 Å². The Balaban J connectivity index is 1.90. The Hall–Kier alpha value is -1.26. The van der Waals surface area contributed by atoms with Crippen molar-refractivity contribution in [3.05, 3.63) is 28.8 Å². The highest BCUT2D eigenvalue weighted by Crippen LogP contribution is 2.25. The molecule has 2 rings (SSSR count). The smallest absolute Gasteiger partial charge is 0.335 e. The molecule has 0 aromatic heterocycles. The number of rotatable bonds is 5. The normalized spacial score (nSPS) is 19.5. The van der Waals surface area contributed by atoms with Crippen LogP contribution in [0.15, 0.2) is 18.2 Å². The Morgan fingerprint density at radius 1 is 1.55 bits per heavy atom. The predicted molar refractivity (Wildman–Crippen MR) is 81.7 cm³/mol. The molecule has 1 heterocycles. The standard InChI is InChI=1S/C15H21ClN2O2/c1-10(2)18-6-5-11(9-18)8-17-14-4-3-12(15(19)20)7-13(14)16/h3-4,7,10-11,17H,5-6,8-9H2,1-2H3,(H,19,20). The molecule has 1 aliphatic heterocycles. The lowest BCUT2D eigenvalue weighted by molar-refractivity contribution is 0.0697. The van der Waals surface area contributed by atoms with Crippen molar-refractivity contribution in [2.24, 2.45) is 5.92 Å². The fourth-order valence-corrected chi connectivity index (χ4v) is 2.79. The van der Waals surface area contributed by atoms with Crippen LogP contribution in [0.4, 0.5) is 5.69 Å². The maximum absolute atomic E-state index is 10.8. The molecule has 2 N–H and O–H groups in total. The van der Waals surface area contributed by atoms with Gasteiger partial charge in [-0.1, -0.05) is 11.6 Å². The van der Waals surface area contributed by atoms with Gasteiger partial charge >= 0.3 is 5.97 Å². The average Bonchev–Trinajstić information content (AvgIpc) is 2.86. The zero-order valence-corrected chi connectivity index (χ0v) is 12.7. The van der Waals surface area contributed by atoms with Gasteiger partial charge in [0.2, 0.25) is 0 Å². The van der Waals surface area contributed by atoms with Crippen LogP contribution in [0, 0.1) is 5.92 Å². The van der Waals surface area contributed by atoms with Crippen molar-refractivity contribution in [1.29, 1.82) is 0 Å². The third kappa shape index (κ3) is 3.64. The molecule has 20 heavy (non-hydrogen) atoms. The van der Waals surface area contributed by atoms with Crippen LogP contribution in [0.2, 0.25) is 5.02 Å². The van der Waals surface area contributed by atoms with Crippen molar-refractivity contribution >= 4 is 23.3 Å². The maximum Gasteiger partial charge on any atom is 0.335 e. The number of nitrogens with one attached hydrogen (secondary N) is 1. The first kappa shape index (κ1) is 15.1. The zero-order chi connectivity index (χ0) is 14.7. The van der Waals surface area contributed by atoms with Crippen molar-refractivity contribution in [2.75, 3.05) is 25.0 Å². The third-order valence-electron chi connectivity index (χ3n) is 3.84. The van der Waals surface area contributed by atoms with Crippen LogP contribution >= 0.6 is 11.6 Å². The molecule has 0 amide bonds. The number of aromatic carboxylic acids is 1. The summed E-state index contributed by atoms with van der Waals surface area (Å²) in [6, 6.07) is 5.40. The summed E-state index contributed by atoms with van der Waals surface area (Å²) >= 11 is 6.10. The van der Waals surface area contributed by atoms with E-state index in [4.69, 9.17) is 16.7 Å². The molecule has 1 unspecified atom stereocenters. The minimum atomic E-state index is -0.957. The molecular formula is C15H21ClN2O2. The number of halogens is 1. The van der Waals surface area contributed by atoms with Crippen LogP contribution < -0.4 is 5.32 Å². The van der Waals surface area contributed by atoms with Gasteiger partial charge in [0, 0.05) is 19.1 Å². The van der Waals surface area contributed by atoms with Crippen molar-refractivity contribution in [3.63, 3.8) is 0 Å². The van der Waals surface area contributed by atoms with Gasteiger partial charge in [-0.2, -0.15) is 0 Å². The number of hydrogen-bond acceptors (Lipinski definition) is 3. The molecule has 1 aromatic rings. The van der Waals surface area contributed by atoms with E-state index in [9.17, 15) is 4.79 Å². The number of nitrogens with zero attached hydrogens (tertiary/aromatic N) is 1. The topological polar surface area (TPSA) is 52.6 Å². The molecule has 0 saturated carbocycles. The van der Waals surface area contributed by atoms with Crippen LogP contribution in [0.1, 0.15) is 30.6 Å². The maximum atomic E-state index is 10.8. The van der Waals surface area contributed by atoms with Gasteiger partial charge in [0.05, 0.1) is 16.3 Å². The summed E-state index contributed by atoms with van der Waals surface area (Å²) in [6.07, 6.45) is 1.19. The minimum Gasteiger partial charge on any atom is -0.478 e. The van der Waals surface area contributed by atoms with Gasteiger partial charge in [0.25, 0.3) is 0 Å². The number of benzene rings is 1. The molecule has 1 aliphatic rings. The van der Waals surface area contributed by atoms with Crippen molar-refractivity contribution in [2.45, 2.75) is 26.3 Å². The second kappa shape index (κ2) is 6.46. The largest absolute Gasteiger partial charge is 0.478 e. The second-order valence-corrected chi connectivity index (χ2v) is 6.03. The van der Waals surface area contributed by atoms with Gasteiger partial charge in [-0.3, -0.25) is 0 Å². The Labute approximate surface area is 124 Å². The summed E-state index contributed by atoms with van der Waals surface area (Å²) in [4.78, 5) is 13.3. The van der Waals surface area contributed by atoms with Crippen molar-refractivity contribution in [1.82, 2.24) is 4.90 Å². The summed E-state index contributed by atoms with van der Waals surface area (Å²) in [5.74, 6) is -0.338. The molecular weight excluding hydrogens is 276 g/mol. The molecule has 0 aliphatic carbocycles. The lowest BCUT2D eigenvalue weighted by Gasteiger charge is -2.20. The highest BCUT2D eigenvalue weighted by atomic mass is 35.5. The summed E-state index contributed by atoms with van der Waals surface area (Å²) in [7, 11) is 0. The van der Waals surface area contributed by atoms with Gasteiger partial charge in [-0.15, -0.1) is 0 Å². The second-order valence-electron chi connectivity index (χ2n) is 5.62. The van der Waals surface area contributed by atoms with Gasteiger partial charge in [0.15, 0.2) is 0 Å². The lowest BCUT2D eigenvalue weighted by atomic mass is 10.1. The van der Waals surface area contributed by atoms with E-state index < -0.39 is 5.97 Å². The Morgan fingerprint density at radius 2 is 2.30 bits per heavy atom. The molecule has 1 saturated heterocycles. The van der Waals surface area contributed by atoms with Crippen molar-refractivity contribution in [3.8, 4) is 0 Å². The monoisotopic (exact) mass is 296 g/mol. The number of likely N-dealkylation sites (tertiary alicyclic amines) is 1. The first-order chi connectivity index (χ1) is 9.47. The average molecular weight is 297 g/mol. The third-order valence-corrected chi connectivity index (χ3v) is 4.16. The van der Waals surface area contributed by atoms with Gasteiger partial charge in [-0.05, 0) is 50.9 Å². The highest BCUT2D eigenvalue weighted by Gasteiger charge is 2.23. The summed E-state index contributed by atoms with van der Waals surface area (Å²) < 4.78 is 0. The number of carbonyl (C=O) groups is 1. The minimum absolute atomic E-state index is 0.215. The number of carboxylic acid groups (broad SMARTS) is 1. The van der Waals surface area contributed by atoms with Gasteiger partial charge in [-0.25, -0.2) is 4.79 Å². The first-order valence-corrected chi connectivity index (χ1v) is 7.36. The molecule has 1 atom stereocenters. The van der Waals surface area contributed by atoms with Crippen LogP contribution in [0.25, 0.3) is 0 Å². The molecule has 1 fully saturated rings. The van der Waals surface area contributed by atoms with E-state index in [2.05, 4.69) is 24.1 Å². The molecule has 0 bridgehead atoms. The van der Waals surface area contributed by atoms with E-state index in [1.165, 1.54) is 12.5 Å². The van der Waals surface area contributed by atoms with Crippen molar-refractivity contribution < 1.29 is 9.90 Å². The Morgan fingerprint density at radius 3 is 2.85 bits per heavy atom. The van der Waals surface area contributed by atoms with E-state index in [0.29, 0.717) is 17.0 Å². The van der Waals surface area contributed by atoms with E-state index in [1.54, 1.807) is 12.1 Å². The molecule has 110 valence electrons. The first-order valence-electron chi connectivity index (χ1n) is 6.98. The number of hydrogen-bond donors (Lipinski definition) is 2. The SMILES string of the molecule is CC(C)N1CCC(CNc2ccc(C(=O)O)cc2Cl)C1. The molecule has 4 nitrogen and oxygen atoms in total. The van der Waals surface area contributed by atoms with Crippen LogP contribution in [0.3, 0.4) is 0 Å². The summed E-state index contributed by atoms with van der Waals surface area (Å²) in [5, 5.41) is 12.7. The molecule has 0 radical (unpaired) electrons. The van der Waals surface area contributed by atoms with Crippen LogP contribution in [-0.4, -0.2) is 41.7 Å². The van der Waals surface area contributed by atoms with E-state index >= 15 is 0 Å². The predicted octanol–water partition coefficient (Wildman–Crippen LogP) is 3.18. The molecule has 5 heteroatoms. The fraction of sp³-hybridized carbons (Fsp3) is 0.533. The van der Waals surface area contributed by atoms with E-state index in [0.717, 1.165) is 25.3 Å². The van der Waals surface area contributed by atoms with E-state index in [1.807, 2.05) is 0 Å². The highest BCUT2D eigenvalue weighted by molar-refractivity contribution is 6.33. The van der Waals surface area contributed by atoms with Gasteiger partial charge < -0.3 is 15.3 Å². The number of carboxylic acids is 1. The summed E-state index contributed by atoms with van der Waals surface area (Å²) in [6.45, 7) is 7.56. The Kier molecular flexibility index (Phi) is 4.89. The lowest BCUT2D eigenvalue weighted by Crippen LogP contribution is -2.29. The summed E-state index contributed by atoms with van der Waals surface area (Å²) in [5.41, 5.74) is 1.02. The fourth-order valence-electron chi connectivity index (χ4n) is 2.54. The van der Waals surface area contributed by atoms with Crippen LogP contribution in [0.5, 0.6) is 0 Å². The Bertz CT molecular complexity index is 491. The van der Waals surface area contributed by atoms with E-state index in [-0.39, 0.29) is 5.56 Å². The quantitative estimate of drug-likeness (QED) is 0.876. The number of anilines is 1. The molecule has 0 spiro atoms.